The highest BCUT2D eigenvalue weighted by Crippen LogP contribution is 2.17. The van der Waals surface area contributed by atoms with Crippen molar-refractivity contribution in [3.05, 3.63) is 84.4 Å². The summed E-state index contributed by atoms with van der Waals surface area (Å²) in [6, 6.07) is 15.9. The maximum absolute atomic E-state index is 12.8. The molecule has 0 atom stereocenters. The zero-order chi connectivity index (χ0) is 18.1. The number of aryl methyl sites for hydroxylation is 1. The molecule has 0 amide bonds. The predicted molar refractivity (Wildman–Crippen MR) is 108 cm³/mol. The Balaban J connectivity index is 1.67. The van der Waals surface area contributed by atoms with Gasteiger partial charge in [0.2, 0.25) is 0 Å². The number of hydrogen-bond acceptors (Lipinski definition) is 4. The summed E-state index contributed by atoms with van der Waals surface area (Å²) < 4.78 is 2.43. The SMILES string of the molecule is CCc1ccc(N2CN=c3sc(=Cc4ccc(Cl)cc4)c(=O)n3C2)cc1. The van der Waals surface area contributed by atoms with Gasteiger partial charge in [0, 0.05) is 10.7 Å². The van der Waals surface area contributed by atoms with E-state index < -0.39 is 0 Å². The van der Waals surface area contributed by atoms with Crippen LogP contribution >= 0.6 is 22.9 Å². The highest BCUT2D eigenvalue weighted by molar-refractivity contribution is 7.07. The molecule has 0 spiro atoms. The molecule has 6 heteroatoms. The number of aromatic nitrogens is 1. The van der Waals surface area contributed by atoms with Gasteiger partial charge in [0.1, 0.15) is 13.3 Å². The zero-order valence-corrected chi connectivity index (χ0v) is 15.9. The van der Waals surface area contributed by atoms with Crippen LogP contribution in [0.15, 0.2) is 58.3 Å². The number of fused-ring (bicyclic) bond motifs is 1. The third kappa shape index (κ3) is 3.32. The molecule has 1 aliphatic rings. The fourth-order valence-electron chi connectivity index (χ4n) is 2.93. The second-order valence-corrected chi connectivity index (χ2v) is 7.62. The molecule has 0 fully saturated rings. The van der Waals surface area contributed by atoms with E-state index in [-0.39, 0.29) is 5.56 Å². The quantitative estimate of drug-likeness (QED) is 0.697. The van der Waals surface area contributed by atoms with Gasteiger partial charge < -0.3 is 4.90 Å². The molecule has 0 N–H and O–H groups in total. The van der Waals surface area contributed by atoms with Gasteiger partial charge in [0.15, 0.2) is 4.80 Å². The summed E-state index contributed by atoms with van der Waals surface area (Å²) in [5.41, 5.74) is 3.34. The van der Waals surface area contributed by atoms with E-state index in [1.807, 2.05) is 30.3 Å². The van der Waals surface area contributed by atoms with Crippen molar-refractivity contribution in [1.82, 2.24) is 4.57 Å². The summed E-state index contributed by atoms with van der Waals surface area (Å²) in [5.74, 6) is 0. The molecular formula is C20H18ClN3OS. The smallest absolute Gasteiger partial charge is 0.271 e. The normalized spacial score (nSPS) is 14.2. The van der Waals surface area contributed by atoms with Crippen LogP contribution in [0.25, 0.3) is 6.08 Å². The maximum Gasteiger partial charge on any atom is 0.271 e. The summed E-state index contributed by atoms with van der Waals surface area (Å²) in [5, 5.41) is 0.684. The Kier molecular flexibility index (Phi) is 4.66. The van der Waals surface area contributed by atoms with Gasteiger partial charge in [-0.05, 0) is 47.9 Å². The van der Waals surface area contributed by atoms with Crippen molar-refractivity contribution in [2.24, 2.45) is 4.99 Å². The number of nitrogens with zero attached hydrogens (tertiary/aromatic N) is 3. The Bertz CT molecular complexity index is 1100. The Morgan fingerprint density at radius 1 is 1.15 bits per heavy atom. The molecule has 3 aromatic rings. The first-order chi connectivity index (χ1) is 12.6. The molecular weight excluding hydrogens is 366 g/mol. The lowest BCUT2D eigenvalue weighted by atomic mass is 10.1. The van der Waals surface area contributed by atoms with Crippen molar-refractivity contribution < 1.29 is 0 Å². The largest absolute Gasteiger partial charge is 0.334 e. The maximum atomic E-state index is 12.8. The van der Waals surface area contributed by atoms with Crippen molar-refractivity contribution in [1.29, 1.82) is 0 Å². The van der Waals surface area contributed by atoms with Crippen LogP contribution in [0, 0.1) is 0 Å². The summed E-state index contributed by atoms with van der Waals surface area (Å²) in [7, 11) is 0. The number of hydrogen-bond donors (Lipinski definition) is 0. The van der Waals surface area contributed by atoms with E-state index in [1.54, 1.807) is 4.57 Å². The van der Waals surface area contributed by atoms with Gasteiger partial charge in [-0.25, -0.2) is 4.99 Å². The molecule has 0 radical (unpaired) electrons. The Labute approximate surface area is 160 Å². The molecule has 1 aromatic heterocycles. The monoisotopic (exact) mass is 383 g/mol. The molecule has 1 aliphatic heterocycles. The highest BCUT2D eigenvalue weighted by atomic mass is 35.5. The lowest BCUT2D eigenvalue weighted by Crippen LogP contribution is -2.42. The van der Waals surface area contributed by atoms with Crippen LogP contribution < -0.4 is 19.8 Å². The summed E-state index contributed by atoms with van der Waals surface area (Å²) in [6.07, 6.45) is 2.91. The lowest BCUT2D eigenvalue weighted by Gasteiger charge is -2.25. The first-order valence-corrected chi connectivity index (χ1v) is 9.69. The van der Waals surface area contributed by atoms with Gasteiger partial charge >= 0.3 is 0 Å². The number of anilines is 1. The van der Waals surface area contributed by atoms with Crippen LogP contribution in [-0.4, -0.2) is 11.2 Å². The fourth-order valence-corrected chi connectivity index (χ4v) is 4.02. The molecule has 2 aromatic carbocycles. The van der Waals surface area contributed by atoms with Gasteiger partial charge in [0.05, 0.1) is 4.53 Å². The zero-order valence-electron chi connectivity index (χ0n) is 14.4. The molecule has 132 valence electrons. The van der Waals surface area contributed by atoms with Crippen molar-refractivity contribution in [3.63, 3.8) is 0 Å². The van der Waals surface area contributed by atoms with Crippen LogP contribution in [0.1, 0.15) is 18.1 Å². The summed E-state index contributed by atoms with van der Waals surface area (Å²) >= 11 is 7.36. The average Bonchev–Trinajstić information content (AvgIpc) is 2.99. The minimum atomic E-state index is -0.00132. The van der Waals surface area contributed by atoms with Crippen LogP contribution in [-0.2, 0) is 13.1 Å². The van der Waals surface area contributed by atoms with Crippen molar-refractivity contribution in [3.8, 4) is 0 Å². The Morgan fingerprint density at radius 2 is 1.88 bits per heavy atom. The van der Waals surface area contributed by atoms with E-state index in [0.29, 0.717) is 22.9 Å². The first kappa shape index (κ1) is 17.1. The van der Waals surface area contributed by atoms with Crippen molar-refractivity contribution >= 4 is 34.7 Å². The van der Waals surface area contributed by atoms with Crippen LogP contribution in [0.3, 0.4) is 0 Å². The van der Waals surface area contributed by atoms with E-state index in [2.05, 4.69) is 41.1 Å². The van der Waals surface area contributed by atoms with Gasteiger partial charge in [-0.2, -0.15) is 0 Å². The van der Waals surface area contributed by atoms with Crippen molar-refractivity contribution in [2.45, 2.75) is 20.0 Å². The predicted octanol–water partition coefficient (Wildman–Crippen LogP) is 3.01. The van der Waals surface area contributed by atoms with Crippen LogP contribution in [0.4, 0.5) is 5.69 Å². The second kappa shape index (κ2) is 7.09. The molecule has 2 heterocycles. The molecule has 0 aliphatic carbocycles. The molecule has 0 saturated heterocycles. The lowest BCUT2D eigenvalue weighted by molar-refractivity contribution is 0.569. The number of benzene rings is 2. The van der Waals surface area contributed by atoms with Gasteiger partial charge in [-0.1, -0.05) is 54.1 Å². The van der Waals surface area contributed by atoms with E-state index in [4.69, 9.17) is 11.6 Å². The third-order valence-electron chi connectivity index (χ3n) is 4.45. The first-order valence-electron chi connectivity index (χ1n) is 8.49. The topological polar surface area (TPSA) is 37.6 Å². The summed E-state index contributed by atoms with van der Waals surface area (Å²) in [4.78, 5) is 20.3. The average molecular weight is 384 g/mol. The van der Waals surface area contributed by atoms with Crippen molar-refractivity contribution in [2.75, 3.05) is 11.6 Å². The van der Waals surface area contributed by atoms with E-state index >= 15 is 0 Å². The van der Waals surface area contributed by atoms with Gasteiger partial charge in [0.25, 0.3) is 5.56 Å². The van der Waals surface area contributed by atoms with E-state index in [9.17, 15) is 4.79 Å². The molecule has 0 bridgehead atoms. The van der Waals surface area contributed by atoms with Crippen LogP contribution in [0.5, 0.6) is 0 Å². The standard InChI is InChI=1S/C20H18ClN3OS/c1-2-14-5-9-17(10-6-14)23-12-22-20-24(13-23)19(25)18(26-20)11-15-3-7-16(21)8-4-15/h3-11H,2,12-13H2,1H3. The number of halogens is 1. The van der Waals surface area contributed by atoms with E-state index in [0.717, 1.165) is 22.5 Å². The second-order valence-electron chi connectivity index (χ2n) is 6.18. The van der Waals surface area contributed by atoms with Gasteiger partial charge in [-0.3, -0.25) is 9.36 Å². The number of thiazole rings is 1. The minimum Gasteiger partial charge on any atom is -0.334 e. The number of rotatable bonds is 3. The highest BCUT2D eigenvalue weighted by Gasteiger charge is 2.15. The molecule has 26 heavy (non-hydrogen) atoms. The molecule has 4 rings (SSSR count). The van der Waals surface area contributed by atoms with Crippen LogP contribution in [0.2, 0.25) is 5.02 Å². The Hall–Kier alpha value is -2.37. The molecule has 0 saturated carbocycles. The summed E-state index contributed by atoms with van der Waals surface area (Å²) in [6.45, 7) is 3.22. The third-order valence-corrected chi connectivity index (χ3v) is 5.75. The molecule has 4 nitrogen and oxygen atoms in total. The van der Waals surface area contributed by atoms with Gasteiger partial charge in [-0.15, -0.1) is 0 Å². The Morgan fingerprint density at radius 3 is 2.58 bits per heavy atom. The fraction of sp³-hybridized carbons (Fsp3) is 0.200. The van der Waals surface area contributed by atoms with E-state index in [1.165, 1.54) is 16.9 Å². The minimum absolute atomic E-state index is 0.00132. The molecule has 0 unspecified atom stereocenters.